The van der Waals surface area contributed by atoms with Gasteiger partial charge in [-0.05, 0) is 23.9 Å². The zero-order valence-electron chi connectivity index (χ0n) is 13.9. The normalized spacial score (nSPS) is 16.5. The molecule has 0 aliphatic carbocycles. The van der Waals surface area contributed by atoms with E-state index >= 15 is 0 Å². The van der Waals surface area contributed by atoms with Crippen LogP contribution in [0.15, 0.2) is 37.0 Å². The molecule has 0 unspecified atom stereocenters. The fourth-order valence-electron chi connectivity index (χ4n) is 2.19. The minimum absolute atomic E-state index is 0.0352. The van der Waals surface area contributed by atoms with Crippen molar-refractivity contribution in [1.82, 2.24) is 15.5 Å². The number of carbonyl (C=O) groups is 1. The van der Waals surface area contributed by atoms with Crippen LogP contribution in [0, 0.1) is 5.41 Å². The first-order valence-electron chi connectivity index (χ1n) is 7.95. The van der Waals surface area contributed by atoms with Gasteiger partial charge in [-0.3, -0.25) is 10.2 Å². The lowest BCUT2D eigenvalue weighted by atomic mass is 10.1. The SMILES string of the molecule is C=CN(C=N)Cc1cccc(NC(=O)[C@@H]2CNCCN2)c1.CC. The summed E-state index contributed by atoms with van der Waals surface area (Å²) in [6.45, 7) is 10.5. The van der Waals surface area contributed by atoms with Crippen molar-refractivity contribution in [3.63, 3.8) is 0 Å². The molecule has 1 atom stereocenters. The molecule has 126 valence electrons. The minimum Gasteiger partial charge on any atom is -0.336 e. The van der Waals surface area contributed by atoms with E-state index in [1.165, 1.54) is 6.34 Å². The molecule has 0 bridgehead atoms. The molecule has 0 radical (unpaired) electrons. The van der Waals surface area contributed by atoms with Gasteiger partial charge in [0, 0.05) is 31.9 Å². The summed E-state index contributed by atoms with van der Waals surface area (Å²) < 4.78 is 0. The number of carbonyl (C=O) groups excluding carboxylic acids is 1. The van der Waals surface area contributed by atoms with Crippen molar-refractivity contribution in [2.75, 3.05) is 25.0 Å². The summed E-state index contributed by atoms with van der Waals surface area (Å²) in [4.78, 5) is 13.8. The van der Waals surface area contributed by atoms with Crippen LogP contribution in [0.4, 0.5) is 5.69 Å². The molecule has 1 heterocycles. The van der Waals surface area contributed by atoms with Gasteiger partial charge in [-0.25, -0.2) is 0 Å². The maximum absolute atomic E-state index is 12.1. The fourth-order valence-corrected chi connectivity index (χ4v) is 2.19. The van der Waals surface area contributed by atoms with Gasteiger partial charge in [-0.2, -0.15) is 0 Å². The maximum atomic E-state index is 12.1. The molecule has 1 amide bonds. The third-order valence-corrected chi connectivity index (χ3v) is 3.32. The van der Waals surface area contributed by atoms with Gasteiger partial charge in [0.2, 0.25) is 5.91 Å². The molecule has 6 heteroatoms. The second-order valence-corrected chi connectivity index (χ2v) is 4.88. The summed E-state index contributed by atoms with van der Waals surface area (Å²) in [5, 5.41) is 16.5. The quantitative estimate of drug-likeness (QED) is 0.476. The lowest BCUT2D eigenvalue weighted by Gasteiger charge is -2.23. The molecule has 23 heavy (non-hydrogen) atoms. The molecule has 1 aromatic carbocycles. The van der Waals surface area contributed by atoms with Crippen LogP contribution in [0.5, 0.6) is 0 Å². The molecule has 0 aromatic heterocycles. The number of hydrogen-bond acceptors (Lipinski definition) is 4. The molecule has 1 aromatic rings. The van der Waals surface area contributed by atoms with Crippen LogP contribution in [0.25, 0.3) is 0 Å². The van der Waals surface area contributed by atoms with E-state index < -0.39 is 0 Å². The van der Waals surface area contributed by atoms with E-state index in [4.69, 9.17) is 5.41 Å². The van der Waals surface area contributed by atoms with Crippen LogP contribution < -0.4 is 16.0 Å². The summed E-state index contributed by atoms with van der Waals surface area (Å²) in [6, 6.07) is 7.42. The van der Waals surface area contributed by atoms with Crippen LogP contribution in [0.3, 0.4) is 0 Å². The number of amides is 1. The third-order valence-electron chi connectivity index (χ3n) is 3.32. The topological polar surface area (TPSA) is 80.2 Å². The zero-order valence-corrected chi connectivity index (χ0v) is 13.9. The smallest absolute Gasteiger partial charge is 0.242 e. The number of rotatable bonds is 6. The Morgan fingerprint density at radius 2 is 2.26 bits per heavy atom. The highest BCUT2D eigenvalue weighted by Crippen LogP contribution is 2.13. The molecule has 0 spiro atoms. The first-order chi connectivity index (χ1) is 11.2. The standard InChI is InChI=1S/C15H21N5O.C2H6/c1-2-20(11-16)10-12-4-3-5-13(8-12)19-15(21)14-9-17-6-7-18-14;1-2/h2-5,8,11,14,16-18H,1,6-7,9-10H2,(H,19,21);1-2H3/t14-;/m0./s1. The van der Waals surface area contributed by atoms with Gasteiger partial charge in [0.1, 0.15) is 0 Å². The van der Waals surface area contributed by atoms with E-state index in [-0.39, 0.29) is 11.9 Å². The predicted molar refractivity (Wildman–Crippen MR) is 95.6 cm³/mol. The van der Waals surface area contributed by atoms with Crippen molar-refractivity contribution in [2.24, 2.45) is 0 Å². The van der Waals surface area contributed by atoms with Crippen molar-refractivity contribution in [3.8, 4) is 0 Å². The Labute approximate surface area is 138 Å². The van der Waals surface area contributed by atoms with Crippen LogP contribution in [-0.2, 0) is 11.3 Å². The van der Waals surface area contributed by atoms with E-state index in [0.717, 1.165) is 24.3 Å². The first-order valence-corrected chi connectivity index (χ1v) is 7.95. The molecular weight excluding hydrogens is 290 g/mol. The number of hydrogen-bond donors (Lipinski definition) is 4. The molecular formula is C17H27N5O. The number of benzene rings is 1. The number of nitrogens with one attached hydrogen (secondary N) is 4. The van der Waals surface area contributed by atoms with Crippen molar-refractivity contribution < 1.29 is 4.79 Å². The predicted octanol–water partition coefficient (Wildman–Crippen LogP) is 1.77. The van der Waals surface area contributed by atoms with E-state index in [0.29, 0.717) is 13.1 Å². The molecule has 1 fully saturated rings. The van der Waals surface area contributed by atoms with Gasteiger partial charge in [0.05, 0.1) is 12.4 Å². The van der Waals surface area contributed by atoms with E-state index in [1.54, 1.807) is 11.1 Å². The van der Waals surface area contributed by atoms with E-state index in [9.17, 15) is 4.79 Å². The maximum Gasteiger partial charge on any atom is 0.242 e. The number of piperazine rings is 1. The average Bonchev–Trinajstić information content (AvgIpc) is 2.62. The molecule has 1 aliphatic rings. The second kappa shape index (κ2) is 10.5. The number of nitrogens with zero attached hydrogens (tertiary/aromatic N) is 1. The van der Waals surface area contributed by atoms with E-state index in [2.05, 4.69) is 22.5 Å². The van der Waals surface area contributed by atoms with Crippen molar-refractivity contribution in [1.29, 1.82) is 5.41 Å². The van der Waals surface area contributed by atoms with E-state index in [1.807, 2.05) is 38.1 Å². The Morgan fingerprint density at radius 3 is 2.87 bits per heavy atom. The van der Waals surface area contributed by atoms with Crippen molar-refractivity contribution in [2.45, 2.75) is 26.4 Å². The third kappa shape index (κ3) is 6.22. The van der Waals surface area contributed by atoms with Crippen LogP contribution in [-0.4, -0.2) is 42.8 Å². The molecule has 0 saturated carbocycles. The summed E-state index contributed by atoms with van der Waals surface area (Å²) in [5.41, 5.74) is 1.77. The average molecular weight is 317 g/mol. The van der Waals surface area contributed by atoms with Gasteiger partial charge in [-0.1, -0.05) is 32.6 Å². The Kier molecular flexibility index (Phi) is 8.64. The van der Waals surface area contributed by atoms with Gasteiger partial charge >= 0.3 is 0 Å². The Morgan fingerprint density at radius 1 is 1.48 bits per heavy atom. The van der Waals surface area contributed by atoms with Gasteiger partial charge < -0.3 is 20.9 Å². The molecule has 2 rings (SSSR count). The first kappa shape index (κ1) is 18.9. The highest BCUT2D eigenvalue weighted by molar-refractivity contribution is 5.95. The lowest BCUT2D eigenvalue weighted by molar-refractivity contribution is -0.118. The zero-order chi connectivity index (χ0) is 17.1. The fraction of sp³-hybridized carbons (Fsp3) is 0.412. The minimum atomic E-state index is -0.200. The summed E-state index contributed by atoms with van der Waals surface area (Å²) in [7, 11) is 0. The van der Waals surface area contributed by atoms with Crippen molar-refractivity contribution >= 4 is 17.9 Å². The van der Waals surface area contributed by atoms with Crippen LogP contribution >= 0.6 is 0 Å². The van der Waals surface area contributed by atoms with Crippen LogP contribution in [0.2, 0.25) is 0 Å². The Balaban J connectivity index is 0.00000127. The Bertz CT molecular complexity index is 503. The molecule has 6 nitrogen and oxygen atoms in total. The highest BCUT2D eigenvalue weighted by Gasteiger charge is 2.20. The van der Waals surface area contributed by atoms with Gasteiger partial charge in [0.25, 0.3) is 0 Å². The summed E-state index contributed by atoms with van der Waals surface area (Å²) in [5.74, 6) is -0.0352. The molecule has 1 saturated heterocycles. The Hall–Kier alpha value is -2.18. The van der Waals surface area contributed by atoms with Crippen molar-refractivity contribution in [3.05, 3.63) is 42.6 Å². The largest absolute Gasteiger partial charge is 0.336 e. The summed E-state index contributed by atoms with van der Waals surface area (Å²) >= 11 is 0. The van der Waals surface area contributed by atoms with Crippen LogP contribution in [0.1, 0.15) is 19.4 Å². The second-order valence-electron chi connectivity index (χ2n) is 4.88. The lowest BCUT2D eigenvalue weighted by Crippen LogP contribution is -2.54. The van der Waals surface area contributed by atoms with Gasteiger partial charge in [-0.15, -0.1) is 0 Å². The van der Waals surface area contributed by atoms with Gasteiger partial charge in [0.15, 0.2) is 0 Å². The number of anilines is 1. The molecule has 4 N–H and O–H groups in total. The summed E-state index contributed by atoms with van der Waals surface area (Å²) in [6.07, 6.45) is 2.81. The molecule has 1 aliphatic heterocycles. The highest BCUT2D eigenvalue weighted by atomic mass is 16.2. The monoisotopic (exact) mass is 317 g/mol.